The van der Waals surface area contributed by atoms with Crippen molar-refractivity contribution >= 4 is 9.05 Å². The topological polar surface area (TPSA) is 131 Å². The first kappa shape index (κ1) is 20.7. The molecule has 0 heterocycles. The average molecular weight is 294 g/mol. The van der Waals surface area contributed by atoms with Crippen molar-refractivity contribution in [3.8, 4) is 0 Å². The Morgan fingerprint density at radius 2 is 1.60 bits per heavy atom. The van der Waals surface area contributed by atoms with Gasteiger partial charge in [-0.1, -0.05) is 6.08 Å². The van der Waals surface area contributed by atoms with Gasteiger partial charge in [-0.15, -0.1) is 6.58 Å². The minimum atomic E-state index is -4.25. The molecule has 0 aromatic rings. The van der Waals surface area contributed by atoms with Crippen LogP contribution in [0, 0.1) is 0 Å². The first-order chi connectivity index (χ1) is 6.37. The van der Waals surface area contributed by atoms with Gasteiger partial charge in [0.25, 0.3) is 0 Å². The monoisotopic (exact) mass is 292 g/mol. The zero-order valence-electron chi connectivity index (χ0n) is 8.28. The summed E-state index contributed by atoms with van der Waals surface area (Å²) >= 11 is 0. The second kappa shape index (κ2) is 12.4. The molecule has 0 saturated heterocycles. The van der Waals surface area contributed by atoms with Gasteiger partial charge in [0, 0.05) is 19.5 Å². The fourth-order valence-electron chi connectivity index (χ4n) is 0.228. The van der Waals surface area contributed by atoms with Crippen molar-refractivity contribution in [1.82, 2.24) is 0 Å². The summed E-state index contributed by atoms with van der Waals surface area (Å²) in [6.07, 6.45) is 0.356. The van der Waals surface area contributed by atoms with Crippen LogP contribution >= 0.6 is 0 Å². The Morgan fingerprint density at radius 3 is 1.67 bits per heavy atom. The predicted molar refractivity (Wildman–Crippen MR) is 48.7 cm³/mol. The Labute approximate surface area is 102 Å². The Balaban J connectivity index is -0.000000187. The average Bonchev–Trinajstić information content (AvgIpc) is 2.13. The molecule has 0 fully saturated rings. The first-order valence-corrected chi connectivity index (χ1v) is 5.44. The van der Waals surface area contributed by atoms with E-state index in [1.165, 1.54) is 6.08 Å². The van der Waals surface area contributed by atoms with Crippen LogP contribution in [0.15, 0.2) is 12.7 Å². The number of aliphatic hydroxyl groups excluding tert-OH is 3. The molecule has 0 aromatic carbocycles. The maximum atomic E-state index is 8.17. The summed E-state index contributed by atoms with van der Waals surface area (Å²) in [7, 11) is -4.25. The van der Waals surface area contributed by atoms with Gasteiger partial charge >= 0.3 is 9.05 Å². The van der Waals surface area contributed by atoms with Crippen LogP contribution in [0.4, 0.5) is 0 Å². The van der Waals surface area contributed by atoms with Gasteiger partial charge in [0.15, 0.2) is 0 Å². The van der Waals surface area contributed by atoms with Crippen LogP contribution in [0.25, 0.3) is 0 Å². The molecule has 0 radical (unpaired) electrons. The summed E-state index contributed by atoms with van der Waals surface area (Å²) in [5.41, 5.74) is 0. The number of hydrogen-bond donors (Lipinski definition) is 6. The van der Waals surface area contributed by atoms with Crippen LogP contribution in [0.2, 0.25) is 0 Å². The maximum Gasteiger partial charge on any atom is 0.671 e. The van der Waals surface area contributed by atoms with Crippen LogP contribution < -0.4 is 0 Å². The molecule has 15 heavy (non-hydrogen) atoms. The van der Waals surface area contributed by atoms with Crippen molar-refractivity contribution in [2.75, 3.05) is 19.8 Å². The van der Waals surface area contributed by atoms with Gasteiger partial charge in [-0.25, -0.2) is 0 Å². The summed E-state index contributed by atoms with van der Waals surface area (Å²) < 4.78 is 4.07. The van der Waals surface area contributed by atoms with Crippen molar-refractivity contribution in [1.29, 1.82) is 0 Å². The summed E-state index contributed by atoms with van der Waals surface area (Å²) in [5.74, 6) is 0. The van der Waals surface area contributed by atoms with Gasteiger partial charge in [-0.2, -0.15) is 0 Å². The van der Waals surface area contributed by atoms with Crippen molar-refractivity contribution in [3.05, 3.63) is 12.7 Å². The van der Waals surface area contributed by atoms with E-state index in [0.29, 0.717) is 0 Å². The summed E-state index contributed by atoms with van der Waals surface area (Å²) in [6.45, 7) is 2.45. The van der Waals surface area contributed by atoms with Crippen molar-refractivity contribution in [2.24, 2.45) is 0 Å². The van der Waals surface area contributed by atoms with Crippen LogP contribution in [-0.4, -0.2) is 64.7 Å². The molecule has 0 saturated carbocycles. The zero-order valence-corrected chi connectivity index (χ0v) is 12.2. The molecule has 0 rings (SSSR count). The van der Waals surface area contributed by atoms with E-state index >= 15 is 0 Å². The molecule has 9 heteroatoms. The molecule has 0 spiro atoms. The fourth-order valence-corrected chi connectivity index (χ4v) is 0.570. The van der Waals surface area contributed by atoms with Gasteiger partial charge in [0.05, 0.1) is 19.8 Å². The second-order valence-electron chi connectivity index (χ2n) is 2.19. The van der Waals surface area contributed by atoms with E-state index in [-0.39, 0.29) is 39.3 Å². The van der Waals surface area contributed by atoms with E-state index in [1.54, 1.807) is 0 Å². The molecule has 0 bridgehead atoms. The molecule has 0 aliphatic carbocycles. The van der Waals surface area contributed by atoms with Gasteiger partial charge in [0.2, 0.25) is 0 Å². The van der Waals surface area contributed by atoms with Crippen LogP contribution in [-0.2, 0) is 23.9 Å². The molecule has 0 aromatic heterocycles. The van der Waals surface area contributed by atoms with E-state index in [2.05, 4.69) is 11.0 Å². The van der Waals surface area contributed by atoms with E-state index in [4.69, 9.17) is 29.7 Å². The first-order valence-electron chi connectivity index (χ1n) is 3.69. The van der Waals surface area contributed by atoms with E-state index in [0.717, 1.165) is 0 Å². The largest absolute Gasteiger partial charge is 0.671 e. The summed E-state index contributed by atoms with van der Waals surface area (Å²) in [6, 6.07) is 0. The Bertz CT molecular complexity index is 136. The van der Waals surface area contributed by atoms with E-state index in [1.807, 2.05) is 0 Å². The van der Waals surface area contributed by atoms with Gasteiger partial charge in [0.1, 0.15) is 6.10 Å². The number of rotatable bonds is 5. The van der Waals surface area contributed by atoms with Gasteiger partial charge in [-0.05, 0) is 0 Å². The minimum absolute atomic E-state index is 0. The third-order valence-electron chi connectivity index (χ3n) is 0.816. The SMILES string of the molecule is C=CCO[Si](O)(O)O.OCC(O)CO.[Zn]. The Morgan fingerprint density at radius 1 is 1.20 bits per heavy atom. The van der Waals surface area contributed by atoms with Crippen LogP contribution in [0.1, 0.15) is 0 Å². The zero-order chi connectivity index (χ0) is 11.6. The molecule has 7 nitrogen and oxygen atoms in total. The third kappa shape index (κ3) is 25.0. The van der Waals surface area contributed by atoms with E-state index in [9.17, 15) is 0 Å². The Hall–Kier alpha value is 0.300. The van der Waals surface area contributed by atoms with Gasteiger partial charge in [-0.3, -0.25) is 0 Å². The molecule has 0 atom stereocenters. The fraction of sp³-hybridized carbons (Fsp3) is 0.667. The Kier molecular flexibility index (Phi) is 17.1. The van der Waals surface area contributed by atoms with Gasteiger partial charge < -0.3 is 34.1 Å². The normalized spacial score (nSPS) is 10.1. The molecular formula is C6H16O7SiZn. The molecule has 0 unspecified atom stereocenters. The van der Waals surface area contributed by atoms with E-state index < -0.39 is 15.2 Å². The van der Waals surface area contributed by atoms with Crippen molar-refractivity contribution in [3.63, 3.8) is 0 Å². The quantitative estimate of drug-likeness (QED) is 0.234. The maximum absolute atomic E-state index is 8.17. The molecule has 88 valence electrons. The van der Waals surface area contributed by atoms with Crippen LogP contribution in [0.5, 0.6) is 0 Å². The molecule has 0 aliphatic rings. The van der Waals surface area contributed by atoms with Crippen LogP contribution in [0.3, 0.4) is 0 Å². The smallest absolute Gasteiger partial charge is 0.394 e. The minimum Gasteiger partial charge on any atom is -0.394 e. The number of aliphatic hydroxyl groups is 3. The summed E-state index contributed by atoms with van der Waals surface area (Å²) in [5, 5.41) is 24.0. The third-order valence-corrected chi connectivity index (χ3v) is 1.37. The molecule has 6 N–H and O–H groups in total. The predicted octanol–water partition coefficient (Wildman–Crippen LogP) is -3.07. The van der Waals surface area contributed by atoms with Crippen molar-refractivity contribution in [2.45, 2.75) is 6.10 Å². The number of hydrogen-bond acceptors (Lipinski definition) is 7. The van der Waals surface area contributed by atoms with Crippen molar-refractivity contribution < 1.29 is 53.6 Å². The molecule has 0 aliphatic heterocycles. The standard InChI is InChI=1S/C3H8O4Si.C3H8O3.Zn/c1-2-3-7-8(4,5)6;4-1-3(6)2-5;/h2,4-6H,1,3H2;3-6H,1-2H2;. The molecular weight excluding hydrogens is 278 g/mol. The second-order valence-corrected chi connectivity index (χ2v) is 3.63. The summed E-state index contributed by atoms with van der Waals surface area (Å²) in [4.78, 5) is 24.4. The molecule has 0 amide bonds.